The molecule has 26 heavy (non-hydrogen) atoms. The first kappa shape index (κ1) is 20.2. The molecule has 1 aromatic rings. The van der Waals surface area contributed by atoms with E-state index in [1.165, 1.54) is 13.4 Å². The van der Waals surface area contributed by atoms with E-state index >= 15 is 0 Å². The van der Waals surface area contributed by atoms with E-state index in [4.69, 9.17) is 9.47 Å². The third-order valence-corrected chi connectivity index (χ3v) is 4.68. The van der Waals surface area contributed by atoms with Crippen LogP contribution in [0.4, 0.5) is 17.6 Å². The largest absolute Gasteiger partial charge is 0.505 e. The average molecular weight is 376 g/mol. The summed E-state index contributed by atoms with van der Waals surface area (Å²) in [4.78, 5) is 12.2. The van der Waals surface area contributed by atoms with E-state index in [-0.39, 0.29) is 5.92 Å². The topological polar surface area (TPSA) is 44.8 Å². The molecule has 0 spiro atoms. The second-order valence-electron chi connectivity index (χ2n) is 6.64. The predicted molar refractivity (Wildman–Crippen MR) is 83.7 cm³/mol. The number of carbonyl (C=O) groups excluding carboxylic acids is 1. The van der Waals surface area contributed by atoms with Crippen LogP contribution in [0.1, 0.15) is 25.0 Å². The van der Waals surface area contributed by atoms with Crippen LogP contribution in [0.3, 0.4) is 0 Å². The van der Waals surface area contributed by atoms with Gasteiger partial charge in [0.25, 0.3) is 0 Å². The molecule has 0 amide bonds. The summed E-state index contributed by atoms with van der Waals surface area (Å²) in [6, 6.07) is 0. The normalized spacial score (nSPS) is 21.1. The summed E-state index contributed by atoms with van der Waals surface area (Å²) < 4.78 is 70.1. The van der Waals surface area contributed by atoms with Crippen LogP contribution in [-0.4, -0.2) is 20.2 Å². The molecule has 1 saturated carbocycles. The van der Waals surface area contributed by atoms with Gasteiger partial charge >= 0.3 is 5.97 Å². The zero-order valence-corrected chi connectivity index (χ0v) is 14.9. The maximum Gasteiger partial charge on any atom is 0.310 e. The van der Waals surface area contributed by atoms with Gasteiger partial charge in [0.1, 0.15) is 6.61 Å². The standard InChI is InChI=1S/C18H20F4O4/c1-18(2)11(5-6-24-3)12(18)17(23)26-8-10-15(21)13(19)9(7-25-4)14(20)16(10)22/h5-6,11-12H,7-8H2,1-4H3/t11-,12+/m1/s1. The molecule has 0 unspecified atom stereocenters. The molecule has 0 heterocycles. The summed E-state index contributed by atoms with van der Waals surface area (Å²) in [7, 11) is 2.59. The third kappa shape index (κ3) is 3.56. The second kappa shape index (κ2) is 7.65. The van der Waals surface area contributed by atoms with Crippen LogP contribution in [0.15, 0.2) is 12.3 Å². The Labute approximate surface area is 148 Å². The number of rotatable bonds is 7. The number of methoxy groups -OCH3 is 2. The van der Waals surface area contributed by atoms with Crippen molar-refractivity contribution in [1.82, 2.24) is 0 Å². The molecule has 0 aromatic heterocycles. The molecule has 0 aliphatic heterocycles. The Morgan fingerprint density at radius 2 is 1.50 bits per heavy atom. The fourth-order valence-electron chi connectivity index (χ4n) is 3.00. The highest BCUT2D eigenvalue weighted by Crippen LogP contribution is 2.59. The van der Waals surface area contributed by atoms with Gasteiger partial charge in [-0.3, -0.25) is 4.79 Å². The third-order valence-electron chi connectivity index (χ3n) is 4.68. The van der Waals surface area contributed by atoms with Crippen molar-refractivity contribution >= 4 is 5.97 Å². The van der Waals surface area contributed by atoms with Gasteiger partial charge in [-0.05, 0) is 17.4 Å². The number of hydrogen-bond acceptors (Lipinski definition) is 4. The van der Waals surface area contributed by atoms with Gasteiger partial charge < -0.3 is 14.2 Å². The van der Waals surface area contributed by atoms with Crippen molar-refractivity contribution < 1.29 is 36.6 Å². The molecule has 0 N–H and O–H groups in total. The number of halogens is 4. The van der Waals surface area contributed by atoms with Gasteiger partial charge in [-0.15, -0.1) is 0 Å². The van der Waals surface area contributed by atoms with Crippen LogP contribution in [0, 0.1) is 40.5 Å². The van der Waals surface area contributed by atoms with Crippen LogP contribution < -0.4 is 0 Å². The highest BCUT2D eigenvalue weighted by Gasteiger charge is 2.61. The maximum atomic E-state index is 14.0. The van der Waals surface area contributed by atoms with Crippen molar-refractivity contribution in [2.75, 3.05) is 14.2 Å². The average Bonchev–Trinajstić information content (AvgIpc) is 3.15. The number of ether oxygens (including phenoxy) is 3. The Bertz CT molecular complexity index is 701. The van der Waals surface area contributed by atoms with Crippen LogP contribution in [-0.2, 0) is 32.2 Å². The zero-order chi connectivity index (χ0) is 19.6. The summed E-state index contributed by atoms with van der Waals surface area (Å²) in [5.41, 5.74) is -2.25. The van der Waals surface area contributed by atoms with Crippen molar-refractivity contribution in [3.8, 4) is 0 Å². The number of hydrogen-bond donors (Lipinski definition) is 0. The Morgan fingerprint density at radius 3 is 1.96 bits per heavy atom. The van der Waals surface area contributed by atoms with E-state index in [2.05, 4.69) is 4.74 Å². The lowest BCUT2D eigenvalue weighted by atomic mass is 10.1. The summed E-state index contributed by atoms with van der Waals surface area (Å²) in [6.45, 7) is 2.10. The smallest absolute Gasteiger partial charge is 0.310 e. The zero-order valence-electron chi connectivity index (χ0n) is 14.9. The van der Waals surface area contributed by atoms with E-state index in [1.54, 1.807) is 6.08 Å². The fourth-order valence-corrected chi connectivity index (χ4v) is 3.00. The van der Waals surface area contributed by atoms with Crippen LogP contribution in [0.5, 0.6) is 0 Å². The minimum atomic E-state index is -1.60. The van der Waals surface area contributed by atoms with Crippen molar-refractivity contribution in [1.29, 1.82) is 0 Å². The van der Waals surface area contributed by atoms with E-state index in [9.17, 15) is 22.4 Å². The summed E-state index contributed by atoms with van der Waals surface area (Å²) in [6.07, 6.45) is 3.12. The molecule has 0 bridgehead atoms. The Hall–Kier alpha value is -2.09. The number of benzene rings is 1. The van der Waals surface area contributed by atoms with Crippen LogP contribution in [0.2, 0.25) is 0 Å². The lowest BCUT2D eigenvalue weighted by molar-refractivity contribution is -0.147. The van der Waals surface area contributed by atoms with E-state index < -0.39 is 64.9 Å². The molecule has 1 aliphatic rings. The monoisotopic (exact) mass is 376 g/mol. The van der Waals surface area contributed by atoms with Crippen molar-refractivity contribution in [2.24, 2.45) is 17.3 Å². The van der Waals surface area contributed by atoms with E-state index in [0.29, 0.717) is 0 Å². The predicted octanol–water partition coefficient (Wildman–Crippen LogP) is 3.86. The number of allylic oxidation sites excluding steroid dienone is 1. The molecule has 2 atom stereocenters. The quantitative estimate of drug-likeness (QED) is 0.314. The van der Waals surface area contributed by atoms with Crippen molar-refractivity contribution in [3.05, 3.63) is 46.7 Å². The summed E-state index contributed by atoms with van der Waals surface area (Å²) in [5, 5.41) is 0. The first-order chi connectivity index (χ1) is 12.2. The molecule has 0 radical (unpaired) electrons. The number of esters is 1. The maximum absolute atomic E-state index is 14.0. The van der Waals surface area contributed by atoms with Crippen LogP contribution >= 0.6 is 0 Å². The molecule has 8 heteroatoms. The molecule has 1 aliphatic carbocycles. The molecule has 4 nitrogen and oxygen atoms in total. The summed E-state index contributed by atoms with van der Waals surface area (Å²) in [5.74, 6) is -7.75. The first-order valence-electron chi connectivity index (χ1n) is 7.87. The molecule has 2 rings (SSSR count). The van der Waals surface area contributed by atoms with Gasteiger partial charge in [-0.2, -0.15) is 0 Å². The van der Waals surface area contributed by atoms with E-state index in [1.807, 2.05) is 13.8 Å². The lowest BCUT2D eigenvalue weighted by Gasteiger charge is -2.12. The Morgan fingerprint density at radius 1 is 1.00 bits per heavy atom. The molecule has 0 saturated heterocycles. The van der Waals surface area contributed by atoms with Gasteiger partial charge in [0, 0.05) is 7.11 Å². The minimum absolute atomic E-state index is 0.165. The summed E-state index contributed by atoms with van der Waals surface area (Å²) >= 11 is 0. The number of carbonyl (C=O) groups is 1. The van der Waals surface area contributed by atoms with Crippen LogP contribution in [0.25, 0.3) is 0 Å². The lowest BCUT2D eigenvalue weighted by Crippen LogP contribution is -2.15. The van der Waals surface area contributed by atoms with E-state index in [0.717, 1.165) is 7.11 Å². The first-order valence-corrected chi connectivity index (χ1v) is 7.87. The minimum Gasteiger partial charge on any atom is -0.505 e. The molecular weight excluding hydrogens is 356 g/mol. The highest BCUT2D eigenvalue weighted by molar-refractivity contribution is 5.78. The van der Waals surface area contributed by atoms with Gasteiger partial charge in [0.2, 0.25) is 0 Å². The Kier molecular flexibility index (Phi) is 5.95. The molecular formula is C18H20F4O4. The molecule has 144 valence electrons. The van der Waals surface area contributed by atoms with Crippen molar-refractivity contribution in [3.63, 3.8) is 0 Å². The van der Waals surface area contributed by atoms with Gasteiger partial charge in [0.05, 0.1) is 37.0 Å². The van der Waals surface area contributed by atoms with Gasteiger partial charge in [0.15, 0.2) is 23.3 Å². The highest BCUT2D eigenvalue weighted by atomic mass is 19.2. The second-order valence-corrected chi connectivity index (χ2v) is 6.64. The SMILES string of the molecule is COC=C[C@@H]1[C@@H](C(=O)OCc2c(F)c(F)c(COC)c(F)c2F)C1(C)C. The van der Waals surface area contributed by atoms with Gasteiger partial charge in [-0.25, -0.2) is 17.6 Å². The van der Waals surface area contributed by atoms with Gasteiger partial charge in [-0.1, -0.05) is 13.8 Å². The molecule has 1 fully saturated rings. The van der Waals surface area contributed by atoms with Crippen molar-refractivity contribution in [2.45, 2.75) is 27.1 Å². The molecule has 1 aromatic carbocycles. The Balaban J connectivity index is 2.15. The fraction of sp³-hybridized carbons (Fsp3) is 0.500.